The van der Waals surface area contributed by atoms with Crippen molar-refractivity contribution in [3.8, 4) is 11.5 Å². The number of nitrogens with zero attached hydrogens (tertiary/aromatic N) is 1. The van der Waals surface area contributed by atoms with Crippen LogP contribution in [0.2, 0.25) is 0 Å². The van der Waals surface area contributed by atoms with Gasteiger partial charge in [-0.15, -0.1) is 0 Å². The predicted octanol–water partition coefficient (Wildman–Crippen LogP) is 7.82. The molecule has 1 aliphatic heterocycles. The average Bonchev–Trinajstić information content (AvgIpc) is 3.35. The van der Waals surface area contributed by atoms with Crippen molar-refractivity contribution in [3.63, 3.8) is 0 Å². The number of aliphatic imine (C=N–C) groups is 1. The second-order valence-electron chi connectivity index (χ2n) is 8.61. The largest absolute Gasteiger partial charge is 0.490 e. The van der Waals surface area contributed by atoms with Crippen LogP contribution >= 0.6 is 15.9 Å². The Balaban J connectivity index is 1.35. The van der Waals surface area contributed by atoms with Crippen molar-refractivity contribution in [1.82, 2.24) is 0 Å². The summed E-state index contributed by atoms with van der Waals surface area (Å²) in [5.41, 5.74) is 5.83. The molecule has 0 unspecified atom stereocenters. The summed E-state index contributed by atoms with van der Waals surface area (Å²) < 4.78 is 12.4. The van der Waals surface area contributed by atoms with Crippen LogP contribution < -0.4 is 14.8 Å². The Kier molecular flexibility index (Phi) is 6.73. The lowest BCUT2D eigenvalue weighted by Gasteiger charge is -2.37. The molecule has 174 valence electrons. The van der Waals surface area contributed by atoms with Gasteiger partial charge in [-0.3, -0.25) is 4.99 Å². The van der Waals surface area contributed by atoms with Crippen LogP contribution in [0.5, 0.6) is 11.5 Å². The van der Waals surface area contributed by atoms with Crippen LogP contribution in [-0.4, -0.2) is 19.4 Å². The summed E-state index contributed by atoms with van der Waals surface area (Å²) in [4.78, 5) is 4.71. The smallest absolute Gasteiger partial charge is 0.175 e. The molecule has 1 N–H and O–H groups in total. The molecule has 0 bridgehead atoms. The first-order chi connectivity index (χ1) is 16.7. The van der Waals surface area contributed by atoms with Gasteiger partial charge >= 0.3 is 0 Å². The van der Waals surface area contributed by atoms with Gasteiger partial charge in [0, 0.05) is 17.8 Å². The molecular formula is C29H29BrN2O2. The highest BCUT2D eigenvalue weighted by molar-refractivity contribution is 9.10. The van der Waals surface area contributed by atoms with E-state index in [0.717, 1.165) is 33.6 Å². The first kappa shape index (κ1) is 22.7. The summed E-state index contributed by atoms with van der Waals surface area (Å²) in [6, 6.07) is 21.5. The molecule has 0 amide bonds. The summed E-state index contributed by atoms with van der Waals surface area (Å²) in [7, 11) is 0. The van der Waals surface area contributed by atoms with E-state index in [1.165, 1.54) is 16.8 Å². The lowest BCUT2D eigenvalue weighted by Crippen LogP contribution is -2.28. The van der Waals surface area contributed by atoms with Crippen LogP contribution in [0.3, 0.4) is 0 Å². The quantitative estimate of drug-likeness (QED) is 0.257. The van der Waals surface area contributed by atoms with E-state index in [4.69, 9.17) is 14.5 Å². The number of rotatable bonds is 7. The van der Waals surface area contributed by atoms with Gasteiger partial charge in [0.25, 0.3) is 0 Å². The van der Waals surface area contributed by atoms with Gasteiger partial charge in [0.05, 0.1) is 29.4 Å². The summed E-state index contributed by atoms with van der Waals surface area (Å²) >= 11 is 3.60. The van der Waals surface area contributed by atoms with Crippen molar-refractivity contribution in [2.75, 3.05) is 18.5 Å². The molecule has 0 spiro atoms. The number of para-hydroxylation sites is 1. The second-order valence-corrected chi connectivity index (χ2v) is 9.46. The molecule has 0 saturated carbocycles. The highest BCUT2D eigenvalue weighted by Crippen LogP contribution is 2.49. The SMILES string of the molecule is CCOc1cc(C=Nc2ccc([C@@H]3Nc4ccccc4[C@H]4C=CC[C@H]43)cc2)cc(Br)c1OCC. The number of halogens is 1. The fourth-order valence-electron chi connectivity index (χ4n) is 5.00. The molecular weight excluding hydrogens is 488 g/mol. The molecule has 0 aromatic heterocycles. The Hall–Kier alpha value is -3.05. The van der Waals surface area contributed by atoms with E-state index in [1.54, 1.807) is 0 Å². The third-order valence-corrected chi connectivity index (χ3v) is 7.10. The van der Waals surface area contributed by atoms with Crippen LogP contribution in [0.15, 0.2) is 82.3 Å². The van der Waals surface area contributed by atoms with E-state index < -0.39 is 0 Å². The van der Waals surface area contributed by atoms with Crippen molar-refractivity contribution in [3.05, 3.63) is 94.0 Å². The standard InChI is InChI=1S/C29H29BrN2O2/c1-3-33-27-17-19(16-25(30)29(27)34-4-2)18-31-21-14-12-20(13-15-21)28-24-10-7-9-22(24)23-8-5-6-11-26(23)32-28/h5-9,11-18,22,24,28,32H,3-4,10H2,1-2H3/t22-,24-,28+/m1/s1. The zero-order chi connectivity index (χ0) is 23.5. The molecule has 0 fully saturated rings. The predicted molar refractivity (Wildman–Crippen MR) is 143 cm³/mol. The normalized spacial score (nSPS) is 20.6. The number of benzene rings is 3. The van der Waals surface area contributed by atoms with Gasteiger partial charge in [0.2, 0.25) is 0 Å². The molecule has 5 rings (SSSR count). The number of anilines is 1. The Bertz CT molecular complexity index is 1220. The van der Waals surface area contributed by atoms with Gasteiger partial charge in [-0.1, -0.05) is 42.5 Å². The Morgan fingerprint density at radius 2 is 1.82 bits per heavy atom. The third kappa shape index (κ3) is 4.49. The zero-order valence-corrected chi connectivity index (χ0v) is 21.1. The number of ether oxygens (including phenoxy) is 2. The highest BCUT2D eigenvalue weighted by Gasteiger charge is 2.37. The molecule has 3 atom stereocenters. The minimum atomic E-state index is 0.295. The highest BCUT2D eigenvalue weighted by atomic mass is 79.9. The molecule has 0 saturated heterocycles. The van der Waals surface area contributed by atoms with Crippen LogP contribution in [-0.2, 0) is 0 Å². The number of hydrogen-bond acceptors (Lipinski definition) is 4. The van der Waals surface area contributed by atoms with E-state index >= 15 is 0 Å². The number of fused-ring (bicyclic) bond motifs is 3. The van der Waals surface area contributed by atoms with E-state index in [1.807, 2.05) is 32.2 Å². The van der Waals surface area contributed by atoms with Crippen LogP contribution in [0.25, 0.3) is 0 Å². The maximum atomic E-state index is 5.78. The summed E-state index contributed by atoms with van der Waals surface area (Å²) in [6.45, 7) is 5.09. The minimum Gasteiger partial charge on any atom is -0.490 e. The van der Waals surface area contributed by atoms with E-state index in [-0.39, 0.29) is 0 Å². The fourth-order valence-corrected chi connectivity index (χ4v) is 5.57. The lowest BCUT2D eigenvalue weighted by molar-refractivity contribution is 0.286. The van der Waals surface area contributed by atoms with Crippen molar-refractivity contribution in [2.45, 2.75) is 32.2 Å². The third-order valence-electron chi connectivity index (χ3n) is 6.51. The van der Waals surface area contributed by atoms with Crippen LogP contribution in [0.1, 0.15) is 48.9 Å². The maximum Gasteiger partial charge on any atom is 0.175 e. The lowest BCUT2D eigenvalue weighted by atomic mass is 9.77. The monoisotopic (exact) mass is 516 g/mol. The van der Waals surface area contributed by atoms with Crippen molar-refractivity contribution in [1.29, 1.82) is 0 Å². The van der Waals surface area contributed by atoms with Gasteiger partial charge in [-0.25, -0.2) is 0 Å². The topological polar surface area (TPSA) is 42.8 Å². The van der Waals surface area contributed by atoms with Crippen molar-refractivity contribution < 1.29 is 9.47 Å². The molecule has 5 heteroatoms. The second kappa shape index (κ2) is 10.1. The Morgan fingerprint density at radius 3 is 2.62 bits per heavy atom. The molecule has 1 aliphatic carbocycles. The molecule has 4 nitrogen and oxygen atoms in total. The fraction of sp³-hybridized carbons (Fsp3) is 0.276. The van der Waals surface area contributed by atoms with Gasteiger partial charge in [-0.2, -0.15) is 0 Å². The van der Waals surface area contributed by atoms with Crippen LogP contribution in [0.4, 0.5) is 11.4 Å². The maximum absolute atomic E-state index is 5.78. The van der Waals surface area contributed by atoms with Gasteiger partial charge < -0.3 is 14.8 Å². The van der Waals surface area contributed by atoms with E-state index in [0.29, 0.717) is 31.1 Å². The minimum absolute atomic E-state index is 0.295. The molecule has 3 aromatic rings. The molecule has 34 heavy (non-hydrogen) atoms. The van der Waals surface area contributed by atoms with Gasteiger partial charge in [0.15, 0.2) is 11.5 Å². The summed E-state index contributed by atoms with van der Waals surface area (Å²) in [5.74, 6) is 2.48. The van der Waals surface area contributed by atoms with Gasteiger partial charge in [0.1, 0.15) is 0 Å². The number of hydrogen-bond donors (Lipinski definition) is 1. The first-order valence-electron chi connectivity index (χ1n) is 11.9. The average molecular weight is 517 g/mol. The van der Waals surface area contributed by atoms with Crippen LogP contribution in [0, 0.1) is 5.92 Å². The van der Waals surface area contributed by atoms with Gasteiger partial charge in [-0.05, 0) is 89.1 Å². The van der Waals surface area contributed by atoms with E-state index in [2.05, 4.69) is 81.9 Å². The number of allylic oxidation sites excluding steroid dienone is 2. The summed E-state index contributed by atoms with van der Waals surface area (Å²) in [6.07, 6.45) is 7.67. The molecule has 3 aromatic carbocycles. The van der Waals surface area contributed by atoms with E-state index in [9.17, 15) is 0 Å². The molecule has 2 aliphatic rings. The molecule has 1 heterocycles. The van der Waals surface area contributed by atoms with Crippen molar-refractivity contribution in [2.24, 2.45) is 10.9 Å². The summed E-state index contributed by atoms with van der Waals surface area (Å²) in [5, 5.41) is 3.79. The Labute approximate surface area is 209 Å². The van der Waals surface area contributed by atoms with Crippen molar-refractivity contribution >= 4 is 33.5 Å². The molecule has 0 radical (unpaired) electrons. The zero-order valence-electron chi connectivity index (χ0n) is 19.5. The first-order valence-corrected chi connectivity index (χ1v) is 12.7. The number of nitrogens with one attached hydrogen (secondary N) is 1. The Morgan fingerprint density at radius 1 is 1.03 bits per heavy atom.